The Labute approximate surface area is 162 Å². The molecule has 1 aromatic rings. The highest BCUT2D eigenvalue weighted by Gasteiger charge is 2.44. The summed E-state index contributed by atoms with van der Waals surface area (Å²) >= 11 is 2.06. The lowest BCUT2D eigenvalue weighted by molar-refractivity contribution is -0.266. The molecular weight excluding hydrogens is 439 g/mol. The van der Waals surface area contributed by atoms with Gasteiger partial charge >= 0.3 is 0 Å². The van der Waals surface area contributed by atoms with Crippen molar-refractivity contribution in [2.24, 2.45) is 0 Å². The van der Waals surface area contributed by atoms with Gasteiger partial charge in [-0.05, 0) is 30.7 Å². The van der Waals surface area contributed by atoms with E-state index in [4.69, 9.17) is 14.2 Å². The second kappa shape index (κ2) is 10.5. The van der Waals surface area contributed by atoms with E-state index in [0.717, 1.165) is 12.2 Å². The van der Waals surface area contributed by atoms with Crippen LogP contribution >= 0.6 is 22.6 Å². The lowest BCUT2D eigenvalue weighted by Gasteiger charge is -2.39. The van der Waals surface area contributed by atoms with Crippen molar-refractivity contribution in [2.75, 3.05) is 11.0 Å². The summed E-state index contributed by atoms with van der Waals surface area (Å²) in [7, 11) is 0. The number of aliphatic hydroxyl groups excluding tert-OH is 3. The molecule has 0 radical (unpaired) electrons. The second-order valence-electron chi connectivity index (χ2n) is 6.17. The summed E-state index contributed by atoms with van der Waals surface area (Å²) in [5, 5.41) is 29.8. The fourth-order valence-electron chi connectivity index (χ4n) is 2.61. The number of rotatable bonds is 9. The number of hydrogen-bond acceptors (Lipinski definition) is 6. The van der Waals surface area contributed by atoms with Crippen molar-refractivity contribution < 1.29 is 29.5 Å². The van der Waals surface area contributed by atoms with Crippen molar-refractivity contribution in [1.29, 1.82) is 0 Å². The first kappa shape index (κ1) is 20.7. The molecule has 1 aliphatic heterocycles. The molecule has 1 aromatic carbocycles. The zero-order valence-corrected chi connectivity index (χ0v) is 16.5. The lowest BCUT2D eigenvalue weighted by Crippen LogP contribution is -2.59. The standard InChI is InChI=1S/C18H27IO6/c1-2-3-4-5-10-23-12-6-8-13(9-7-12)24-18-17(22)16(21)15(20)14(11-19)25-18/h6-9,14-18,20-22H,2-5,10-11H2,1H3/t14-,15+,16+,17-,18-/m1/s1. The van der Waals surface area contributed by atoms with Crippen LogP contribution in [0.2, 0.25) is 0 Å². The fourth-order valence-corrected chi connectivity index (χ4v) is 3.34. The molecule has 3 N–H and O–H groups in total. The van der Waals surface area contributed by atoms with Crippen LogP contribution in [-0.2, 0) is 4.74 Å². The maximum absolute atomic E-state index is 10.0. The minimum absolute atomic E-state index is 0.480. The summed E-state index contributed by atoms with van der Waals surface area (Å²) in [5.41, 5.74) is 0. The van der Waals surface area contributed by atoms with Gasteiger partial charge in [0.25, 0.3) is 0 Å². The molecule has 1 aliphatic rings. The zero-order valence-electron chi connectivity index (χ0n) is 14.4. The Morgan fingerprint density at radius 2 is 1.64 bits per heavy atom. The molecule has 0 spiro atoms. The van der Waals surface area contributed by atoms with Crippen LogP contribution in [0, 0.1) is 0 Å². The molecule has 0 amide bonds. The Morgan fingerprint density at radius 1 is 0.960 bits per heavy atom. The Kier molecular flexibility index (Phi) is 8.71. The van der Waals surface area contributed by atoms with Crippen LogP contribution in [-0.4, -0.2) is 57.1 Å². The van der Waals surface area contributed by atoms with E-state index in [-0.39, 0.29) is 0 Å². The molecule has 142 valence electrons. The quantitative estimate of drug-likeness (QED) is 0.294. The SMILES string of the molecule is CCCCCCOc1ccc(O[C@@H]2O[C@H](CI)[C@H](O)[C@H](O)[C@H]2O)cc1. The van der Waals surface area contributed by atoms with Crippen LogP contribution in [0.15, 0.2) is 24.3 Å². The van der Waals surface area contributed by atoms with Crippen LogP contribution in [0.4, 0.5) is 0 Å². The van der Waals surface area contributed by atoms with Gasteiger partial charge in [-0.25, -0.2) is 0 Å². The molecule has 5 atom stereocenters. The molecule has 1 saturated heterocycles. The number of aliphatic hydroxyl groups is 3. The molecule has 7 heteroatoms. The molecule has 1 heterocycles. The predicted molar refractivity (Wildman–Crippen MR) is 102 cm³/mol. The van der Waals surface area contributed by atoms with E-state index in [1.54, 1.807) is 24.3 Å². The molecule has 6 nitrogen and oxygen atoms in total. The molecule has 0 aliphatic carbocycles. The third-order valence-electron chi connectivity index (χ3n) is 4.16. The summed E-state index contributed by atoms with van der Waals surface area (Å²) in [6.45, 7) is 2.86. The van der Waals surface area contributed by atoms with Crippen LogP contribution in [0.25, 0.3) is 0 Å². The van der Waals surface area contributed by atoms with E-state index in [0.29, 0.717) is 16.8 Å². The Bertz CT molecular complexity index is 495. The predicted octanol–water partition coefficient (Wildman–Crippen LogP) is 2.27. The highest BCUT2D eigenvalue weighted by atomic mass is 127. The van der Waals surface area contributed by atoms with Crippen molar-refractivity contribution in [3.63, 3.8) is 0 Å². The van der Waals surface area contributed by atoms with E-state index >= 15 is 0 Å². The van der Waals surface area contributed by atoms with E-state index < -0.39 is 30.7 Å². The van der Waals surface area contributed by atoms with Gasteiger partial charge < -0.3 is 29.5 Å². The summed E-state index contributed by atoms with van der Waals surface area (Å²) in [6, 6.07) is 7.05. The normalized spacial score (nSPS) is 29.4. The van der Waals surface area contributed by atoms with Gasteiger partial charge in [0.15, 0.2) is 0 Å². The van der Waals surface area contributed by atoms with Gasteiger partial charge in [-0.15, -0.1) is 0 Å². The van der Waals surface area contributed by atoms with Crippen LogP contribution < -0.4 is 9.47 Å². The third kappa shape index (κ3) is 5.96. The summed E-state index contributed by atoms with van der Waals surface area (Å²) in [4.78, 5) is 0. The highest BCUT2D eigenvalue weighted by molar-refractivity contribution is 14.1. The van der Waals surface area contributed by atoms with Gasteiger partial charge in [-0.1, -0.05) is 48.8 Å². The van der Waals surface area contributed by atoms with Gasteiger partial charge in [0.1, 0.15) is 29.8 Å². The average Bonchev–Trinajstić information content (AvgIpc) is 2.63. The minimum Gasteiger partial charge on any atom is -0.494 e. The van der Waals surface area contributed by atoms with Crippen LogP contribution in [0.1, 0.15) is 32.6 Å². The second-order valence-corrected chi connectivity index (χ2v) is 7.05. The summed E-state index contributed by atoms with van der Waals surface area (Å²) < 4.78 is 17.3. The smallest absolute Gasteiger partial charge is 0.229 e. The van der Waals surface area contributed by atoms with E-state index in [9.17, 15) is 15.3 Å². The molecule has 0 aromatic heterocycles. The first-order valence-corrected chi connectivity index (χ1v) is 10.2. The molecular formula is C18H27IO6. The van der Waals surface area contributed by atoms with Crippen molar-refractivity contribution >= 4 is 22.6 Å². The first-order chi connectivity index (χ1) is 12.1. The molecule has 0 saturated carbocycles. The van der Waals surface area contributed by atoms with Crippen molar-refractivity contribution in [1.82, 2.24) is 0 Å². The maximum Gasteiger partial charge on any atom is 0.229 e. The van der Waals surface area contributed by atoms with Crippen molar-refractivity contribution in [3.8, 4) is 11.5 Å². The van der Waals surface area contributed by atoms with Gasteiger partial charge in [-0.2, -0.15) is 0 Å². The van der Waals surface area contributed by atoms with Crippen molar-refractivity contribution in [3.05, 3.63) is 24.3 Å². The van der Waals surface area contributed by atoms with E-state index in [1.165, 1.54) is 19.3 Å². The average molecular weight is 466 g/mol. The number of alkyl halides is 1. The van der Waals surface area contributed by atoms with Crippen LogP contribution in [0.5, 0.6) is 11.5 Å². The number of benzene rings is 1. The molecule has 1 fully saturated rings. The largest absolute Gasteiger partial charge is 0.494 e. The number of unbranched alkanes of at least 4 members (excludes halogenated alkanes) is 3. The maximum atomic E-state index is 10.0. The molecule has 2 rings (SSSR count). The third-order valence-corrected chi connectivity index (χ3v) is 5.03. The Morgan fingerprint density at radius 3 is 2.28 bits per heavy atom. The Balaban J connectivity index is 1.85. The van der Waals surface area contributed by atoms with Crippen molar-refractivity contribution in [2.45, 2.75) is 63.3 Å². The number of hydrogen-bond donors (Lipinski definition) is 3. The van der Waals surface area contributed by atoms with Gasteiger partial charge in [-0.3, -0.25) is 0 Å². The fraction of sp³-hybridized carbons (Fsp3) is 0.667. The summed E-state index contributed by atoms with van der Waals surface area (Å²) in [5.74, 6) is 1.26. The zero-order chi connectivity index (χ0) is 18.2. The number of ether oxygens (including phenoxy) is 3. The topological polar surface area (TPSA) is 88.4 Å². The minimum atomic E-state index is -1.32. The van der Waals surface area contributed by atoms with E-state index in [2.05, 4.69) is 29.5 Å². The van der Waals surface area contributed by atoms with Gasteiger partial charge in [0.05, 0.1) is 12.7 Å². The molecule has 0 unspecified atom stereocenters. The molecule has 0 bridgehead atoms. The lowest BCUT2D eigenvalue weighted by atomic mass is 10.00. The number of halogens is 1. The van der Waals surface area contributed by atoms with E-state index in [1.807, 2.05) is 0 Å². The van der Waals surface area contributed by atoms with Gasteiger partial charge in [0.2, 0.25) is 6.29 Å². The monoisotopic (exact) mass is 466 g/mol. The molecule has 25 heavy (non-hydrogen) atoms. The van der Waals surface area contributed by atoms with Crippen LogP contribution in [0.3, 0.4) is 0 Å². The van der Waals surface area contributed by atoms with Gasteiger partial charge in [0, 0.05) is 4.43 Å². The Hall–Kier alpha value is -0.610. The summed E-state index contributed by atoms with van der Waals surface area (Å²) in [6.07, 6.45) is -0.742. The highest BCUT2D eigenvalue weighted by Crippen LogP contribution is 2.26. The first-order valence-electron chi connectivity index (χ1n) is 8.72.